The van der Waals surface area contributed by atoms with Crippen LogP contribution in [0.4, 0.5) is 15.9 Å². The van der Waals surface area contributed by atoms with Gasteiger partial charge in [-0.1, -0.05) is 29.3 Å². The summed E-state index contributed by atoms with van der Waals surface area (Å²) in [4.78, 5) is 27.8. The quantitative estimate of drug-likeness (QED) is 0.853. The monoisotopic (exact) mass is 367 g/mol. The first kappa shape index (κ1) is 16.7. The molecule has 1 fully saturated rings. The van der Waals surface area contributed by atoms with Crippen LogP contribution in [0.25, 0.3) is 0 Å². The highest BCUT2D eigenvalue weighted by Crippen LogP contribution is 2.30. The van der Waals surface area contributed by atoms with Gasteiger partial charge in [-0.2, -0.15) is 0 Å². The number of halogens is 3. The molecule has 0 saturated heterocycles. The van der Waals surface area contributed by atoms with Crippen LogP contribution in [0, 0.1) is 11.7 Å². The fourth-order valence-corrected chi connectivity index (χ4v) is 2.65. The van der Waals surface area contributed by atoms with Gasteiger partial charge < -0.3 is 10.6 Å². The van der Waals surface area contributed by atoms with Gasteiger partial charge in [-0.25, -0.2) is 9.37 Å². The summed E-state index contributed by atoms with van der Waals surface area (Å²) < 4.78 is 13.9. The Balaban J connectivity index is 1.81. The first-order chi connectivity index (χ1) is 11.5. The van der Waals surface area contributed by atoms with Crippen molar-refractivity contribution in [3.8, 4) is 0 Å². The standard InChI is InChI=1S/C16H12Cl2FN3O2/c17-9-2-1-3-10(18)14(9)16(24)21-12-6-13(20-7-11(12)19)22-15(23)8-4-5-8/h1-3,6-8H,4-5H2,(H2,20,21,22,23,24). The van der Waals surface area contributed by atoms with Crippen molar-refractivity contribution in [2.45, 2.75) is 12.8 Å². The predicted octanol–water partition coefficient (Wildman–Crippen LogP) is 4.13. The van der Waals surface area contributed by atoms with Gasteiger partial charge in [0.15, 0.2) is 5.82 Å². The molecule has 124 valence electrons. The highest BCUT2D eigenvalue weighted by Gasteiger charge is 2.30. The third-order valence-corrected chi connectivity index (χ3v) is 4.12. The summed E-state index contributed by atoms with van der Waals surface area (Å²) in [7, 11) is 0. The molecule has 0 unspecified atom stereocenters. The highest BCUT2D eigenvalue weighted by atomic mass is 35.5. The molecule has 1 aromatic carbocycles. The van der Waals surface area contributed by atoms with Crippen LogP contribution in [0.15, 0.2) is 30.5 Å². The maximum Gasteiger partial charge on any atom is 0.258 e. The van der Waals surface area contributed by atoms with E-state index >= 15 is 0 Å². The minimum Gasteiger partial charge on any atom is -0.319 e. The predicted molar refractivity (Wildman–Crippen MR) is 90.0 cm³/mol. The van der Waals surface area contributed by atoms with Crippen LogP contribution >= 0.6 is 23.2 Å². The number of benzene rings is 1. The smallest absolute Gasteiger partial charge is 0.258 e. The molecular weight excluding hydrogens is 356 g/mol. The molecule has 2 aromatic rings. The Morgan fingerprint density at radius 2 is 1.83 bits per heavy atom. The lowest BCUT2D eigenvalue weighted by atomic mass is 10.2. The number of hydrogen-bond acceptors (Lipinski definition) is 3. The lowest BCUT2D eigenvalue weighted by Gasteiger charge is -2.10. The summed E-state index contributed by atoms with van der Waals surface area (Å²) >= 11 is 11.9. The van der Waals surface area contributed by atoms with Crippen LogP contribution in [0.3, 0.4) is 0 Å². The van der Waals surface area contributed by atoms with Gasteiger partial charge in [0.05, 0.1) is 27.5 Å². The Morgan fingerprint density at radius 3 is 2.46 bits per heavy atom. The molecule has 0 bridgehead atoms. The third-order valence-electron chi connectivity index (χ3n) is 3.49. The molecule has 8 heteroatoms. The van der Waals surface area contributed by atoms with Crippen molar-refractivity contribution in [2.75, 3.05) is 10.6 Å². The summed E-state index contributed by atoms with van der Waals surface area (Å²) in [5.41, 5.74) is -0.0855. The number of carbonyl (C=O) groups is 2. The van der Waals surface area contributed by atoms with E-state index in [0.29, 0.717) is 0 Å². The van der Waals surface area contributed by atoms with Crippen molar-refractivity contribution in [3.05, 3.63) is 51.9 Å². The summed E-state index contributed by atoms with van der Waals surface area (Å²) in [5, 5.41) is 5.28. The molecular formula is C16H12Cl2FN3O2. The molecule has 1 saturated carbocycles. The minimum atomic E-state index is -0.740. The van der Waals surface area contributed by atoms with Crippen molar-refractivity contribution in [2.24, 2.45) is 5.92 Å². The van der Waals surface area contributed by atoms with E-state index in [2.05, 4.69) is 15.6 Å². The van der Waals surface area contributed by atoms with E-state index in [4.69, 9.17) is 23.2 Å². The number of hydrogen-bond donors (Lipinski definition) is 2. The average Bonchev–Trinajstić information content (AvgIpc) is 3.35. The van der Waals surface area contributed by atoms with Gasteiger partial charge >= 0.3 is 0 Å². The van der Waals surface area contributed by atoms with Crippen LogP contribution in [0.2, 0.25) is 10.0 Å². The Labute approximate surface area is 147 Å². The van der Waals surface area contributed by atoms with Crippen LogP contribution < -0.4 is 10.6 Å². The average molecular weight is 368 g/mol. The van der Waals surface area contributed by atoms with E-state index in [1.807, 2.05) is 0 Å². The van der Waals surface area contributed by atoms with Gasteiger partial charge in [0, 0.05) is 12.0 Å². The van der Waals surface area contributed by atoms with Gasteiger partial charge in [-0.15, -0.1) is 0 Å². The molecule has 0 aliphatic heterocycles. The Hall–Kier alpha value is -2.18. The van der Waals surface area contributed by atoms with Gasteiger partial charge in [-0.05, 0) is 25.0 Å². The van der Waals surface area contributed by atoms with Crippen molar-refractivity contribution < 1.29 is 14.0 Å². The number of amides is 2. The summed E-state index contributed by atoms with van der Waals surface area (Å²) in [6.07, 6.45) is 2.59. The van der Waals surface area contributed by atoms with Crippen LogP contribution in [-0.2, 0) is 4.79 Å². The molecule has 5 nitrogen and oxygen atoms in total. The fourth-order valence-electron chi connectivity index (χ4n) is 2.08. The number of aromatic nitrogens is 1. The molecule has 1 aliphatic carbocycles. The maximum absolute atomic E-state index is 13.9. The number of nitrogens with zero attached hydrogens (tertiary/aromatic N) is 1. The molecule has 1 aromatic heterocycles. The van der Waals surface area contributed by atoms with Crippen molar-refractivity contribution in [1.82, 2.24) is 4.98 Å². The van der Waals surface area contributed by atoms with E-state index in [-0.39, 0.29) is 38.9 Å². The topological polar surface area (TPSA) is 71.1 Å². The molecule has 0 atom stereocenters. The van der Waals surface area contributed by atoms with Crippen molar-refractivity contribution in [1.29, 1.82) is 0 Å². The Bertz CT molecular complexity index is 805. The van der Waals surface area contributed by atoms with E-state index in [9.17, 15) is 14.0 Å². The Kier molecular flexibility index (Phi) is 4.69. The molecule has 2 N–H and O–H groups in total. The molecule has 0 spiro atoms. The first-order valence-electron chi connectivity index (χ1n) is 7.17. The first-order valence-corrected chi connectivity index (χ1v) is 7.93. The van der Waals surface area contributed by atoms with E-state index in [1.54, 1.807) is 6.07 Å². The normalized spacial score (nSPS) is 13.5. The third kappa shape index (κ3) is 3.66. The second kappa shape index (κ2) is 6.75. The van der Waals surface area contributed by atoms with E-state index in [0.717, 1.165) is 19.0 Å². The lowest BCUT2D eigenvalue weighted by molar-refractivity contribution is -0.117. The van der Waals surface area contributed by atoms with Gasteiger partial charge in [-0.3, -0.25) is 9.59 Å². The zero-order valence-corrected chi connectivity index (χ0v) is 13.8. The number of anilines is 2. The highest BCUT2D eigenvalue weighted by molar-refractivity contribution is 6.40. The van der Waals surface area contributed by atoms with Crippen LogP contribution in [-0.4, -0.2) is 16.8 Å². The van der Waals surface area contributed by atoms with Crippen LogP contribution in [0.1, 0.15) is 23.2 Å². The lowest BCUT2D eigenvalue weighted by Crippen LogP contribution is -2.17. The van der Waals surface area contributed by atoms with Gasteiger partial charge in [0.25, 0.3) is 5.91 Å². The number of rotatable bonds is 4. The summed E-state index contributed by atoms with van der Waals surface area (Å²) in [6.45, 7) is 0. The second-order valence-corrected chi connectivity index (χ2v) is 6.18. The fraction of sp³-hybridized carbons (Fsp3) is 0.188. The zero-order chi connectivity index (χ0) is 17.3. The molecule has 3 rings (SSSR count). The van der Waals surface area contributed by atoms with Gasteiger partial charge in [0.1, 0.15) is 5.82 Å². The molecule has 0 radical (unpaired) electrons. The minimum absolute atomic E-state index is 0.0168. The largest absolute Gasteiger partial charge is 0.319 e. The number of carbonyl (C=O) groups excluding carboxylic acids is 2. The maximum atomic E-state index is 13.9. The zero-order valence-electron chi connectivity index (χ0n) is 12.3. The van der Waals surface area contributed by atoms with E-state index < -0.39 is 11.7 Å². The van der Waals surface area contributed by atoms with Crippen molar-refractivity contribution in [3.63, 3.8) is 0 Å². The molecule has 1 aliphatic rings. The van der Waals surface area contributed by atoms with Crippen LogP contribution in [0.5, 0.6) is 0 Å². The van der Waals surface area contributed by atoms with Gasteiger partial charge in [0.2, 0.25) is 5.91 Å². The molecule has 24 heavy (non-hydrogen) atoms. The molecule has 2 amide bonds. The number of nitrogens with one attached hydrogen (secondary N) is 2. The Morgan fingerprint density at radius 1 is 1.17 bits per heavy atom. The number of pyridine rings is 1. The molecule has 1 heterocycles. The SMILES string of the molecule is O=C(Nc1cc(NC(=O)C2CC2)ncc1F)c1c(Cl)cccc1Cl. The second-order valence-electron chi connectivity index (χ2n) is 5.36. The van der Waals surface area contributed by atoms with Crippen molar-refractivity contribution >= 4 is 46.5 Å². The summed E-state index contributed by atoms with van der Waals surface area (Å²) in [6, 6.07) is 5.86. The summed E-state index contributed by atoms with van der Waals surface area (Å²) in [5.74, 6) is -1.42. The van der Waals surface area contributed by atoms with E-state index in [1.165, 1.54) is 18.2 Å².